The first kappa shape index (κ1) is 19.1. The number of benzene rings is 2. The van der Waals surface area contributed by atoms with E-state index in [9.17, 15) is 9.59 Å². The summed E-state index contributed by atoms with van der Waals surface area (Å²) in [4.78, 5) is 26.1. The minimum atomic E-state index is -0.403. The lowest BCUT2D eigenvalue weighted by molar-refractivity contribution is -0.116. The van der Waals surface area contributed by atoms with Crippen LogP contribution in [0.4, 0.5) is 5.69 Å². The van der Waals surface area contributed by atoms with Crippen LogP contribution in [0.3, 0.4) is 0 Å². The normalized spacial score (nSPS) is 10.2. The van der Waals surface area contributed by atoms with Crippen LogP contribution in [-0.2, 0) is 4.79 Å². The molecule has 0 bridgehead atoms. The summed E-state index contributed by atoms with van der Waals surface area (Å²) in [6.45, 7) is 2.13. The molecule has 25 heavy (non-hydrogen) atoms. The zero-order valence-electron chi connectivity index (χ0n) is 13.9. The summed E-state index contributed by atoms with van der Waals surface area (Å²) >= 11 is 12.1. The Balaban J connectivity index is 2.07. The van der Waals surface area contributed by atoms with Crippen LogP contribution < -0.4 is 10.1 Å². The second kappa shape index (κ2) is 8.74. The van der Waals surface area contributed by atoms with Gasteiger partial charge in [-0.3, -0.25) is 9.59 Å². The number of ether oxygens (including phenoxy) is 1. The van der Waals surface area contributed by atoms with Crippen LogP contribution in [0.25, 0.3) is 0 Å². The molecule has 0 radical (unpaired) electrons. The number of para-hydroxylation sites is 2. The van der Waals surface area contributed by atoms with Gasteiger partial charge in [0.05, 0.1) is 34.4 Å². The number of amides is 2. The maximum Gasteiger partial charge on any atom is 0.257 e. The van der Waals surface area contributed by atoms with Crippen molar-refractivity contribution in [3.05, 3.63) is 58.1 Å². The van der Waals surface area contributed by atoms with Crippen LogP contribution >= 0.6 is 23.2 Å². The molecule has 0 aliphatic carbocycles. The molecule has 0 unspecified atom stereocenters. The van der Waals surface area contributed by atoms with Gasteiger partial charge in [0, 0.05) is 7.05 Å². The lowest BCUT2D eigenvalue weighted by atomic mass is 10.1. The number of carbonyl (C=O) groups excluding carboxylic acids is 2. The largest absolute Gasteiger partial charge is 0.493 e. The quantitative estimate of drug-likeness (QED) is 0.820. The van der Waals surface area contributed by atoms with Crippen LogP contribution in [0.1, 0.15) is 17.3 Å². The molecule has 0 aliphatic rings. The Labute approximate surface area is 156 Å². The van der Waals surface area contributed by atoms with Gasteiger partial charge in [-0.15, -0.1) is 0 Å². The summed E-state index contributed by atoms with van der Waals surface area (Å²) in [6, 6.07) is 11.8. The zero-order valence-corrected chi connectivity index (χ0v) is 15.4. The molecule has 2 rings (SSSR count). The highest BCUT2D eigenvalue weighted by Gasteiger charge is 2.19. The van der Waals surface area contributed by atoms with Crippen LogP contribution in [0.2, 0.25) is 10.0 Å². The number of anilines is 1. The number of nitrogens with zero attached hydrogens (tertiary/aromatic N) is 1. The van der Waals surface area contributed by atoms with Crippen molar-refractivity contribution in [2.75, 3.05) is 25.5 Å². The van der Waals surface area contributed by atoms with Gasteiger partial charge in [-0.2, -0.15) is 0 Å². The van der Waals surface area contributed by atoms with E-state index in [4.69, 9.17) is 27.9 Å². The Bertz CT molecular complexity index is 760. The third-order valence-corrected chi connectivity index (χ3v) is 4.00. The summed E-state index contributed by atoms with van der Waals surface area (Å²) in [5, 5.41) is 3.29. The number of rotatable bonds is 6. The summed E-state index contributed by atoms with van der Waals surface area (Å²) in [6.07, 6.45) is 0. The highest BCUT2D eigenvalue weighted by molar-refractivity contribution is 6.39. The molecule has 0 heterocycles. The molecule has 0 aromatic heterocycles. The van der Waals surface area contributed by atoms with E-state index in [2.05, 4.69) is 5.32 Å². The third-order valence-electron chi connectivity index (χ3n) is 3.37. The molecule has 0 saturated carbocycles. The molecule has 0 aliphatic heterocycles. The van der Waals surface area contributed by atoms with Crippen molar-refractivity contribution in [2.45, 2.75) is 6.92 Å². The third kappa shape index (κ3) is 4.87. The van der Waals surface area contributed by atoms with Gasteiger partial charge in [-0.25, -0.2) is 0 Å². The molecule has 2 aromatic rings. The van der Waals surface area contributed by atoms with E-state index < -0.39 is 5.91 Å². The molecule has 132 valence electrons. The molecule has 1 N–H and O–H groups in total. The smallest absolute Gasteiger partial charge is 0.257 e. The number of hydrogen-bond acceptors (Lipinski definition) is 3. The molecule has 0 atom stereocenters. The number of likely N-dealkylation sites (N-methyl/N-ethyl adjacent to an activating group) is 1. The fourth-order valence-corrected chi connectivity index (χ4v) is 2.71. The Morgan fingerprint density at radius 3 is 2.36 bits per heavy atom. The predicted octanol–water partition coefficient (Wildman–Crippen LogP) is 4.10. The molecule has 0 fully saturated rings. The average Bonchev–Trinajstić information content (AvgIpc) is 2.58. The van der Waals surface area contributed by atoms with E-state index in [0.29, 0.717) is 33.7 Å². The van der Waals surface area contributed by atoms with Gasteiger partial charge in [0.1, 0.15) is 5.75 Å². The number of hydrogen-bond donors (Lipinski definition) is 1. The number of halogens is 2. The van der Waals surface area contributed by atoms with Gasteiger partial charge in [0.15, 0.2) is 0 Å². The molecule has 0 saturated heterocycles. The van der Waals surface area contributed by atoms with Crippen LogP contribution in [0.15, 0.2) is 42.5 Å². The Morgan fingerprint density at radius 1 is 1.08 bits per heavy atom. The number of nitrogens with one attached hydrogen (secondary N) is 1. The Morgan fingerprint density at radius 2 is 1.72 bits per heavy atom. The molecule has 5 nitrogen and oxygen atoms in total. The van der Waals surface area contributed by atoms with Crippen LogP contribution in [-0.4, -0.2) is 36.9 Å². The van der Waals surface area contributed by atoms with Crippen LogP contribution in [0.5, 0.6) is 5.75 Å². The Hall–Kier alpha value is -2.24. The first-order valence-corrected chi connectivity index (χ1v) is 8.40. The minimum absolute atomic E-state index is 0.152. The van der Waals surface area contributed by atoms with Crippen molar-refractivity contribution < 1.29 is 14.3 Å². The fraction of sp³-hybridized carbons (Fsp3) is 0.222. The van der Waals surface area contributed by atoms with Gasteiger partial charge in [-0.05, 0) is 31.2 Å². The van der Waals surface area contributed by atoms with Crippen molar-refractivity contribution in [3.8, 4) is 5.75 Å². The highest BCUT2D eigenvalue weighted by atomic mass is 35.5. The van der Waals surface area contributed by atoms with Crippen LogP contribution in [0, 0.1) is 0 Å². The van der Waals surface area contributed by atoms with Gasteiger partial charge < -0.3 is 15.0 Å². The summed E-state index contributed by atoms with van der Waals surface area (Å²) < 4.78 is 5.46. The fourth-order valence-electron chi connectivity index (χ4n) is 2.21. The van der Waals surface area contributed by atoms with Crippen molar-refractivity contribution in [3.63, 3.8) is 0 Å². The summed E-state index contributed by atoms with van der Waals surface area (Å²) in [5.74, 6) is -0.236. The van der Waals surface area contributed by atoms with Crippen molar-refractivity contribution >= 4 is 40.7 Å². The molecule has 0 spiro atoms. The van der Waals surface area contributed by atoms with E-state index in [1.165, 1.54) is 4.90 Å². The van der Waals surface area contributed by atoms with Crippen molar-refractivity contribution in [1.29, 1.82) is 0 Å². The second-order valence-corrected chi connectivity index (χ2v) is 6.05. The topological polar surface area (TPSA) is 58.6 Å². The molecule has 7 heteroatoms. The van der Waals surface area contributed by atoms with E-state index in [-0.39, 0.29) is 12.5 Å². The second-order valence-electron chi connectivity index (χ2n) is 5.24. The summed E-state index contributed by atoms with van der Waals surface area (Å²) in [7, 11) is 1.54. The lowest BCUT2D eigenvalue weighted by Crippen LogP contribution is -2.35. The van der Waals surface area contributed by atoms with E-state index in [0.717, 1.165) is 0 Å². The maximum absolute atomic E-state index is 12.6. The highest BCUT2D eigenvalue weighted by Crippen LogP contribution is 2.29. The van der Waals surface area contributed by atoms with E-state index in [1.54, 1.807) is 49.5 Å². The lowest BCUT2D eigenvalue weighted by Gasteiger charge is -2.19. The zero-order chi connectivity index (χ0) is 18.4. The first-order valence-electron chi connectivity index (χ1n) is 7.65. The molecule has 2 aromatic carbocycles. The average molecular weight is 381 g/mol. The SMILES string of the molecule is CCOc1ccccc1C(=O)N(C)CC(=O)Nc1c(Cl)cccc1Cl. The van der Waals surface area contributed by atoms with Crippen molar-refractivity contribution in [2.24, 2.45) is 0 Å². The summed E-state index contributed by atoms with van der Waals surface area (Å²) in [5.41, 5.74) is 0.724. The molecular formula is C18H18Cl2N2O3. The Kier molecular flexibility index (Phi) is 6.67. The standard InChI is InChI=1S/C18H18Cl2N2O3/c1-3-25-15-10-5-4-7-12(15)18(24)22(2)11-16(23)21-17-13(19)8-6-9-14(17)20/h4-10H,3,11H2,1-2H3,(H,21,23). The maximum atomic E-state index is 12.6. The van der Waals surface area contributed by atoms with Gasteiger partial charge >= 0.3 is 0 Å². The molecule has 2 amide bonds. The first-order chi connectivity index (χ1) is 11.9. The van der Waals surface area contributed by atoms with Gasteiger partial charge in [-0.1, -0.05) is 41.4 Å². The van der Waals surface area contributed by atoms with E-state index >= 15 is 0 Å². The van der Waals surface area contributed by atoms with Crippen molar-refractivity contribution in [1.82, 2.24) is 4.90 Å². The minimum Gasteiger partial charge on any atom is -0.493 e. The van der Waals surface area contributed by atoms with E-state index in [1.807, 2.05) is 6.92 Å². The molecular weight excluding hydrogens is 363 g/mol. The number of carbonyl (C=O) groups is 2. The monoisotopic (exact) mass is 380 g/mol. The van der Waals surface area contributed by atoms with Gasteiger partial charge in [0.2, 0.25) is 5.91 Å². The predicted molar refractivity (Wildman–Crippen MR) is 99.7 cm³/mol. The van der Waals surface area contributed by atoms with Gasteiger partial charge in [0.25, 0.3) is 5.91 Å².